The van der Waals surface area contributed by atoms with Crippen LogP contribution in [0, 0.1) is 6.92 Å². The molecule has 2 aliphatic rings. The first-order valence-corrected chi connectivity index (χ1v) is 12.1. The van der Waals surface area contributed by atoms with E-state index >= 15 is 0 Å². The van der Waals surface area contributed by atoms with Crippen LogP contribution in [-0.4, -0.2) is 77.9 Å². The number of aromatic nitrogens is 2. The number of aryl methyl sites for hydroxylation is 1. The molecule has 1 N–H and O–H groups in total. The van der Waals surface area contributed by atoms with E-state index < -0.39 is 0 Å². The van der Waals surface area contributed by atoms with Gasteiger partial charge in [0.2, 0.25) is 12.7 Å². The van der Waals surface area contributed by atoms with Gasteiger partial charge in [-0.2, -0.15) is 4.98 Å². The highest BCUT2D eigenvalue weighted by Gasteiger charge is 2.21. The van der Waals surface area contributed by atoms with E-state index in [2.05, 4.69) is 71.8 Å². The van der Waals surface area contributed by atoms with Crippen molar-refractivity contribution in [2.24, 2.45) is 0 Å². The summed E-state index contributed by atoms with van der Waals surface area (Å²) >= 11 is 0. The number of nitrogens with zero attached hydrogens (tertiary/aromatic N) is 5. The van der Waals surface area contributed by atoms with Gasteiger partial charge in [0.05, 0.1) is 0 Å². The fourth-order valence-corrected chi connectivity index (χ4v) is 4.58. The number of piperazine rings is 1. The van der Waals surface area contributed by atoms with Gasteiger partial charge in [0, 0.05) is 69.7 Å². The van der Waals surface area contributed by atoms with Crippen LogP contribution < -0.4 is 19.7 Å². The van der Waals surface area contributed by atoms with Crippen LogP contribution in [-0.2, 0) is 6.54 Å². The molecule has 0 amide bonds. The first-order valence-electron chi connectivity index (χ1n) is 12.1. The normalized spacial score (nSPS) is 16.3. The van der Waals surface area contributed by atoms with Crippen LogP contribution >= 0.6 is 0 Å². The smallest absolute Gasteiger partial charge is 0.231 e. The number of rotatable bonds is 9. The van der Waals surface area contributed by atoms with Gasteiger partial charge in [-0.15, -0.1) is 0 Å². The lowest BCUT2D eigenvalue weighted by Crippen LogP contribution is -2.46. The highest BCUT2D eigenvalue weighted by molar-refractivity contribution is 5.48. The van der Waals surface area contributed by atoms with E-state index in [0.717, 1.165) is 74.6 Å². The third-order valence-electron chi connectivity index (χ3n) is 6.45. The van der Waals surface area contributed by atoms with Crippen molar-refractivity contribution < 1.29 is 9.47 Å². The van der Waals surface area contributed by atoms with Gasteiger partial charge < -0.3 is 19.7 Å². The van der Waals surface area contributed by atoms with Gasteiger partial charge in [0.25, 0.3) is 0 Å². The van der Waals surface area contributed by atoms with Crippen LogP contribution in [0.5, 0.6) is 11.5 Å². The molecule has 0 aliphatic carbocycles. The van der Waals surface area contributed by atoms with Crippen molar-refractivity contribution in [3.8, 4) is 11.5 Å². The standard InChI is InChI=1S/C25H38N6O2/c1-18(2)31(19(3)4)9-8-26-24-20(5)15-27-25(28-24)30-12-10-29(11-13-30)16-21-6-7-22-23(14-21)33-17-32-22/h6-7,14-15,18-19H,8-13,16-17H2,1-5H3,(H,26,27,28). The molecule has 0 unspecified atom stereocenters. The predicted octanol–water partition coefficient (Wildman–Crippen LogP) is 3.37. The lowest BCUT2D eigenvalue weighted by molar-refractivity contribution is 0.174. The maximum absolute atomic E-state index is 5.51. The molecule has 2 aliphatic heterocycles. The van der Waals surface area contributed by atoms with Gasteiger partial charge in [0.15, 0.2) is 11.5 Å². The largest absolute Gasteiger partial charge is 0.454 e. The van der Waals surface area contributed by atoms with Crippen molar-refractivity contribution >= 4 is 11.8 Å². The second-order valence-electron chi connectivity index (χ2n) is 9.50. The third-order valence-corrected chi connectivity index (χ3v) is 6.45. The molecule has 1 aromatic carbocycles. The summed E-state index contributed by atoms with van der Waals surface area (Å²) in [4.78, 5) is 16.7. The molecule has 8 nitrogen and oxygen atoms in total. The fourth-order valence-electron chi connectivity index (χ4n) is 4.58. The second kappa shape index (κ2) is 10.6. The molecule has 2 aromatic rings. The highest BCUT2D eigenvalue weighted by atomic mass is 16.7. The summed E-state index contributed by atoms with van der Waals surface area (Å²) in [7, 11) is 0. The minimum Gasteiger partial charge on any atom is -0.454 e. The first-order chi connectivity index (χ1) is 15.9. The number of anilines is 2. The van der Waals surface area contributed by atoms with Crippen LogP contribution in [0.3, 0.4) is 0 Å². The molecule has 180 valence electrons. The Kier molecular flexibility index (Phi) is 7.55. The SMILES string of the molecule is Cc1cnc(N2CCN(Cc3ccc4c(c3)OCO4)CC2)nc1NCCN(C(C)C)C(C)C. The Bertz CT molecular complexity index is 919. The minimum absolute atomic E-state index is 0.318. The van der Waals surface area contributed by atoms with Crippen molar-refractivity contribution in [3.63, 3.8) is 0 Å². The van der Waals surface area contributed by atoms with E-state index in [1.807, 2.05) is 12.3 Å². The summed E-state index contributed by atoms with van der Waals surface area (Å²) < 4.78 is 10.9. The summed E-state index contributed by atoms with van der Waals surface area (Å²) in [6.07, 6.45) is 1.94. The number of hydrogen-bond acceptors (Lipinski definition) is 8. The molecule has 1 aromatic heterocycles. The fraction of sp³-hybridized carbons (Fsp3) is 0.600. The van der Waals surface area contributed by atoms with E-state index in [1.165, 1.54) is 5.56 Å². The van der Waals surface area contributed by atoms with Crippen molar-refractivity contribution in [2.45, 2.75) is 53.2 Å². The Balaban J connectivity index is 1.30. The Hall–Kier alpha value is -2.58. The number of nitrogens with one attached hydrogen (secondary N) is 1. The van der Waals surface area contributed by atoms with Crippen LogP contribution in [0.2, 0.25) is 0 Å². The third kappa shape index (κ3) is 5.86. The van der Waals surface area contributed by atoms with E-state index in [9.17, 15) is 0 Å². The predicted molar refractivity (Wildman–Crippen MR) is 132 cm³/mol. The molecule has 1 saturated heterocycles. The molecule has 0 spiro atoms. The lowest BCUT2D eigenvalue weighted by Gasteiger charge is -2.35. The maximum Gasteiger partial charge on any atom is 0.231 e. The zero-order chi connectivity index (χ0) is 23.4. The quantitative estimate of drug-likeness (QED) is 0.619. The topological polar surface area (TPSA) is 66.0 Å². The Morgan fingerprint density at radius 3 is 2.48 bits per heavy atom. The van der Waals surface area contributed by atoms with Gasteiger partial charge in [-0.3, -0.25) is 9.80 Å². The zero-order valence-electron chi connectivity index (χ0n) is 20.7. The van der Waals surface area contributed by atoms with Gasteiger partial charge in [-0.25, -0.2) is 4.98 Å². The van der Waals surface area contributed by atoms with Crippen LogP contribution in [0.25, 0.3) is 0 Å². The molecule has 3 heterocycles. The summed E-state index contributed by atoms with van der Waals surface area (Å²) in [5, 5.41) is 3.54. The molecule has 4 rings (SSSR count). The monoisotopic (exact) mass is 454 g/mol. The Morgan fingerprint density at radius 1 is 1.03 bits per heavy atom. The Morgan fingerprint density at radius 2 is 1.76 bits per heavy atom. The summed E-state index contributed by atoms with van der Waals surface area (Å²) in [5.41, 5.74) is 2.34. The minimum atomic E-state index is 0.318. The number of benzene rings is 1. The zero-order valence-corrected chi connectivity index (χ0v) is 20.7. The number of fused-ring (bicyclic) bond motifs is 1. The lowest BCUT2D eigenvalue weighted by atomic mass is 10.1. The van der Waals surface area contributed by atoms with Gasteiger partial charge >= 0.3 is 0 Å². The highest BCUT2D eigenvalue weighted by Crippen LogP contribution is 2.33. The summed E-state index contributed by atoms with van der Waals surface area (Å²) in [6.45, 7) is 18.0. The molecule has 0 bridgehead atoms. The molecule has 33 heavy (non-hydrogen) atoms. The Labute approximate surface area is 197 Å². The molecular weight excluding hydrogens is 416 g/mol. The number of hydrogen-bond donors (Lipinski definition) is 1. The first kappa shape index (κ1) is 23.6. The summed E-state index contributed by atoms with van der Waals surface area (Å²) in [5.74, 6) is 3.44. The van der Waals surface area contributed by atoms with E-state index in [-0.39, 0.29) is 0 Å². The maximum atomic E-state index is 5.51. The molecular formula is C25H38N6O2. The van der Waals surface area contributed by atoms with Crippen molar-refractivity contribution in [1.82, 2.24) is 19.8 Å². The van der Waals surface area contributed by atoms with Crippen LogP contribution in [0.15, 0.2) is 24.4 Å². The van der Waals surface area contributed by atoms with Gasteiger partial charge in [-0.05, 0) is 52.3 Å². The van der Waals surface area contributed by atoms with Gasteiger partial charge in [0.1, 0.15) is 5.82 Å². The van der Waals surface area contributed by atoms with Crippen molar-refractivity contribution in [3.05, 3.63) is 35.5 Å². The average molecular weight is 455 g/mol. The molecule has 0 radical (unpaired) electrons. The second-order valence-corrected chi connectivity index (χ2v) is 9.50. The number of ether oxygens (including phenoxy) is 2. The van der Waals surface area contributed by atoms with Gasteiger partial charge in [-0.1, -0.05) is 6.07 Å². The van der Waals surface area contributed by atoms with Crippen LogP contribution in [0.4, 0.5) is 11.8 Å². The van der Waals surface area contributed by atoms with E-state index in [4.69, 9.17) is 14.5 Å². The average Bonchev–Trinajstić information content (AvgIpc) is 3.26. The van der Waals surface area contributed by atoms with Crippen LogP contribution in [0.1, 0.15) is 38.8 Å². The molecule has 8 heteroatoms. The molecule has 1 fully saturated rings. The van der Waals surface area contributed by atoms with E-state index in [0.29, 0.717) is 18.9 Å². The van der Waals surface area contributed by atoms with Crippen molar-refractivity contribution in [2.75, 3.05) is 56.3 Å². The van der Waals surface area contributed by atoms with Crippen molar-refractivity contribution in [1.29, 1.82) is 0 Å². The van der Waals surface area contributed by atoms with E-state index in [1.54, 1.807) is 0 Å². The molecule has 0 atom stereocenters. The summed E-state index contributed by atoms with van der Waals surface area (Å²) in [6, 6.07) is 7.28. The molecule has 0 saturated carbocycles.